The maximum Gasteiger partial charge on any atom is 0.266 e. The van der Waals surface area contributed by atoms with E-state index in [0.717, 1.165) is 67.8 Å². The zero-order valence-corrected chi connectivity index (χ0v) is 25.9. The molecule has 0 amide bonds. The Morgan fingerprint density at radius 3 is 1.27 bits per heavy atom. The van der Waals surface area contributed by atoms with Gasteiger partial charge in [0.05, 0.1) is 11.4 Å². The van der Waals surface area contributed by atoms with Crippen LogP contribution in [0.3, 0.4) is 0 Å². The van der Waals surface area contributed by atoms with Crippen LogP contribution in [0.5, 0.6) is 23.0 Å². The van der Waals surface area contributed by atoms with Crippen molar-refractivity contribution in [2.75, 3.05) is 4.90 Å². The highest BCUT2D eigenvalue weighted by Gasteiger charge is 2.50. The SMILES string of the molecule is c1ccc(-c2c3c4c(c5ccccc25)N(c2ccccc2)c2c5c(c(-c6ccccc6)c6ccccc26)Oc2cccc(c2B45)O3)cc1. The van der Waals surface area contributed by atoms with E-state index in [1.165, 1.54) is 32.5 Å². The monoisotopic (exact) mass is 611 g/mol. The van der Waals surface area contributed by atoms with Crippen molar-refractivity contribution in [1.82, 2.24) is 0 Å². The summed E-state index contributed by atoms with van der Waals surface area (Å²) < 4.78 is 14.2. The van der Waals surface area contributed by atoms with Gasteiger partial charge >= 0.3 is 0 Å². The second kappa shape index (κ2) is 9.63. The van der Waals surface area contributed by atoms with Gasteiger partial charge < -0.3 is 14.4 Å². The Hall–Kier alpha value is -6.26. The molecule has 0 N–H and O–H groups in total. The van der Waals surface area contributed by atoms with E-state index in [0.29, 0.717) is 0 Å². The van der Waals surface area contributed by atoms with E-state index in [9.17, 15) is 0 Å². The lowest BCUT2D eigenvalue weighted by Crippen LogP contribution is -2.62. The highest BCUT2D eigenvalue weighted by atomic mass is 16.5. The molecule has 222 valence electrons. The highest BCUT2D eigenvalue weighted by molar-refractivity contribution is 7.01. The van der Waals surface area contributed by atoms with Crippen molar-refractivity contribution in [3.63, 3.8) is 0 Å². The minimum absolute atomic E-state index is 0.0900. The summed E-state index contributed by atoms with van der Waals surface area (Å²) in [5.41, 5.74) is 11.4. The fourth-order valence-corrected chi connectivity index (χ4v) is 8.43. The molecule has 48 heavy (non-hydrogen) atoms. The molecular formula is C44H26BNO2. The predicted octanol–water partition coefficient (Wildman–Crippen LogP) is 9.84. The third-order valence-electron chi connectivity index (χ3n) is 10.3. The normalized spacial score (nSPS) is 13.2. The van der Waals surface area contributed by atoms with Crippen molar-refractivity contribution in [2.45, 2.75) is 0 Å². The lowest BCUT2D eigenvalue weighted by atomic mass is 9.32. The van der Waals surface area contributed by atoms with E-state index in [1.807, 2.05) is 0 Å². The minimum atomic E-state index is -0.0900. The summed E-state index contributed by atoms with van der Waals surface area (Å²) in [6, 6.07) is 56.1. The quantitative estimate of drug-likeness (QED) is 0.186. The molecule has 0 bridgehead atoms. The van der Waals surface area contributed by atoms with Gasteiger partial charge in [0.2, 0.25) is 0 Å². The Labute approximate surface area is 278 Å². The van der Waals surface area contributed by atoms with Crippen molar-refractivity contribution in [3.05, 3.63) is 158 Å². The molecule has 8 aromatic carbocycles. The molecule has 0 unspecified atom stereocenters. The summed E-state index contributed by atoms with van der Waals surface area (Å²) in [7, 11) is 0. The molecule has 4 heteroatoms. The summed E-state index contributed by atoms with van der Waals surface area (Å²) in [6.45, 7) is -0.0900. The third-order valence-corrected chi connectivity index (χ3v) is 10.3. The van der Waals surface area contributed by atoms with Gasteiger partial charge in [-0.25, -0.2) is 0 Å². The number of fused-ring (bicyclic) bond motifs is 4. The highest BCUT2D eigenvalue weighted by Crippen LogP contribution is 2.55. The Kier molecular flexibility index (Phi) is 5.19. The van der Waals surface area contributed by atoms with Crippen LogP contribution >= 0.6 is 0 Å². The third kappa shape index (κ3) is 3.34. The van der Waals surface area contributed by atoms with Gasteiger partial charge in [-0.2, -0.15) is 0 Å². The van der Waals surface area contributed by atoms with Crippen LogP contribution in [0, 0.1) is 0 Å². The molecule has 0 saturated carbocycles. The second-order valence-corrected chi connectivity index (χ2v) is 12.7. The van der Waals surface area contributed by atoms with Gasteiger partial charge in [0.15, 0.2) is 0 Å². The fraction of sp³-hybridized carbons (Fsp3) is 0. The van der Waals surface area contributed by atoms with Gasteiger partial charge in [-0.05, 0) is 57.1 Å². The Bertz CT molecular complexity index is 2460. The van der Waals surface area contributed by atoms with Gasteiger partial charge in [0.25, 0.3) is 6.71 Å². The maximum atomic E-state index is 7.12. The first-order valence-corrected chi connectivity index (χ1v) is 16.5. The summed E-state index contributed by atoms with van der Waals surface area (Å²) in [4.78, 5) is 2.48. The Morgan fingerprint density at radius 1 is 0.375 bits per heavy atom. The Morgan fingerprint density at radius 2 is 0.792 bits per heavy atom. The largest absolute Gasteiger partial charge is 0.458 e. The van der Waals surface area contributed by atoms with E-state index >= 15 is 0 Å². The van der Waals surface area contributed by atoms with Crippen LogP contribution in [-0.2, 0) is 0 Å². The van der Waals surface area contributed by atoms with E-state index in [4.69, 9.17) is 9.47 Å². The number of nitrogens with zero attached hydrogens (tertiary/aromatic N) is 1. The molecule has 0 saturated heterocycles. The number of ether oxygens (including phenoxy) is 2. The molecule has 8 aromatic rings. The van der Waals surface area contributed by atoms with E-state index < -0.39 is 0 Å². The molecule has 0 atom stereocenters. The zero-order valence-electron chi connectivity index (χ0n) is 25.9. The number of para-hydroxylation sites is 1. The number of hydrogen-bond donors (Lipinski definition) is 0. The molecular weight excluding hydrogens is 585 g/mol. The van der Waals surface area contributed by atoms with E-state index in [1.54, 1.807) is 0 Å². The van der Waals surface area contributed by atoms with Crippen molar-refractivity contribution in [1.29, 1.82) is 0 Å². The molecule has 3 aliphatic heterocycles. The van der Waals surface area contributed by atoms with Crippen LogP contribution < -0.4 is 30.8 Å². The van der Waals surface area contributed by atoms with Crippen molar-refractivity contribution < 1.29 is 9.47 Å². The summed E-state index contributed by atoms with van der Waals surface area (Å²) in [6.07, 6.45) is 0. The molecule has 0 aromatic heterocycles. The number of benzene rings is 8. The van der Waals surface area contributed by atoms with Crippen LogP contribution in [0.15, 0.2) is 158 Å². The Balaban J connectivity index is 1.40. The average molecular weight is 612 g/mol. The molecule has 3 nitrogen and oxygen atoms in total. The van der Waals surface area contributed by atoms with Crippen LogP contribution in [0.1, 0.15) is 0 Å². The number of rotatable bonds is 3. The molecule has 0 spiro atoms. The van der Waals surface area contributed by atoms with Gasteiger partial charge in [-0.1, -0.05) is 133 Å². The molecule has 0 aliphatic carbocycles. The number of anilines is 3. The van der Waals surface area contributed by atoms with Crippen molar-refractivity contribution in [3.8, 4) is 45.3 Å². The first-order valence-electron chi connectivity index (χ1n) is 16.5. The fourth-order valence-electron chi connectivity index (χ4n) is 8.43. The topological polar surface area (TPSA) is 21.7 Å². The zero-order chi connectivity index (χ0) is 31.3. The van der Waals surface area contributed by atoms with Gasteiger partial charge in [-0.15, -0.1) is 0 Å². The molecule has 0 fully saturated rings. The minimum Gasteiger partial charge on any atom is -0.458 e. The smallest absolute Gasteiger partial charge is 0.266 e. The predicted molar refractivity (Wildman–Crippen MR) is 198 cm³/mol. The van der Waals surface area contributed by atoms with Gasteiger partial charge in [-0.3, -0.25) is 0 Å². The summed E-state index contributed by atoms with van der Waals surface area (Å²) >= 11 is 0. The van der Waals surface area contributed by atoms with Gasteiger partial charge in [0, 0.05) is 33.0 Å². The average Bonchev–Trinajstić information content (AvgIpc) is 3.16. The van der Waals surface area contributed by atoms with E-state index in [-0.39, 0.29) is 6.71 Å². The standard InChI is InChI=1S/C44H26BNO2/c1-4-15-27(16-5-1)36-30-21-10-12-23-32(30)41-39-43(36)47-34-25-14-26-35-38(34)45(39)40-42(46(41)29-19-8-3-9-20-29)33-24-13-11-22-31(33)37(44(40)48-35)28-17-6-2-7-18-28/h1-26H. The molecule has 3 heterocycles. The van der Waals surface area contributed by atoms with Crippen molar-refractivity contribution in [2.24, 2.45) is 0 Å². The number of hydrogen-bond acceptors (Lipinski definition) is 3. The van der Waals surface area contributed by atoms with Crippen molar-refractivity contribution >= 4 is 61.7 Å². The maximum absolute atomic E-state index is 7.12. The molecule has 3 aliphatic rings. The van der Waals surface area contributed by atoms with Gasteiger partial charge in [0.1, 0.15) is 23.0 Å². The molecule has 0 radical (unpaired) electrons. The lowest BCUT2D eigenvalue weighted by molar-refractivity contribution is 0.466. The first-order chi connectivity index (χ1) is 23.9. The van der Waals surface area contributed by atoms with Crippen LogP contribution in [0.4, 0.5) is 17.1 Å². The summed E-state index contributed by atoms with van der Waals surface area (Å²) in [5.74, 6) is 3.53. The van der Waals surface area contributed by atoms with E-state index in [2.05, 4.69) is 163 Å². The first kappa shape index (κ1) is 25.9. The van der Waals surface area contributed by atoms with Crippen LogP contribution in [0.25, 0.3) is 43.8 Å². The molecule has 11 rings (SSSR count). The van der Waals surface area contributed by atoms with Crippen LogP contribution in [-0.4, -0.2) is 6.71 Å². The second-order valence-electron chi connectivity index (χ2n) is 12.7. The lowest BCUT2D eigenvalue weighted by Gasteiger charge is -2.45. The summed E-state index contributed by atoms with van der Waals surface area (Å²) in [5, 5.41) is 4.72. The van der Waals surface area contributed by atoms with Crippen LogP contribution in [0.2, 0.25) is 0 Å².